The molecular weight excluding hydrogens is 721 g/mol. The number of nitrogens with one attached hydrogen (secondary N) is 1. The van der Waals surface area contributed by atoms with Crippen molar-refractivity contribution in [1.82, 2.24) is 9.80 Å². The average Bonchev–Trinajstić information content (AvgIpc) is 3.88. The number of likely N-dealkylation sites (tertiary alicyclic amines) is 1. The van der Waals surface area contributed by atoms with Gasteiger partial charge in [0, 0.05) is 30.0 Å². The Kier molecular flexibility index (Phi) is 12.2. The number of cyclic esters (lactones) is 1. The second-order valence-electron chi connectivity index (χ2n) is 14.1. The normalized spacial score (nSPS) is 18.1. The van der Waals surface area contributed by atoms with Crippen LogP contribution < -0.4 is 10.1 Å². The summed E-state index contributed by atoms with van der Waals surface area (Å²) in [7, 11) is 1.53. The van der Waals surface area contributed by atoms with E-state index >= 15 is 0 Å². The van der Waals surface area contributed by atoms with Gasteiger partial charge < -0.3 is 19.9 Å². The van der Waals surface area contributed by atoms with Crippen LogP contribution in [0.15, 0.2) is 145 Å². The van der Waals surface area contributed by atoms with Gasteiger partial charge in [-0.05, 0) is 54.3 Å². The number of imide groups is 1. The Morgan fingerprint density at radius 1 is 0.860 bits per heavy atom. The van der Waals surface area contributed by atoms with Gasteiger partial charge in [0.25, 0.3) is 0 Å². The number of aliphatic carboxylic acids is 1. The number of amides is 3. The SMILES string of the molecule is COc1ccc([C@H](CC(=O)N2C(=O)OC[C@H]2c2ccccc2)[C@@H](N=C(c2ccccc2)c2ccccc2NC(=O)[C@@H]2CCCN2Cc2ccccc2)C(=O)O)cc1. The number of aliphatic imine (C=N–C) groups is 1. The number of para-hydroxylation sites is 1. The van der Waals surface area contributed by atoms with Gasteiger partial charge in [0.2, 0.25) is 11.8 Å². The van der Waals surface area contributed by atoms with Crippen LogP contribution in [0, 0.1) is 0 Å². The Labute approximate surface area is 331 Å². The van der Waals surface area contributed by atoms with E-state index in [0.717, 1.165) is 29.0 Å². The molecule has 0 saturated carbocycles. The fraction of sp³-hybridized carbons (Fsp3) is 0.239. The second-order valence-corrected chi connectivity index (χ2v) is 14.1. The fourth-order valence-electron chi connectivity index (χ4n) is 7.66. The molecule has 2 heterocycles. The molecule has 2 aliphatic heterocycles. The number of anilines is 1. The van der Waals surface area contributed by atoms with Gasteiger partial charge in [-0.15, -0.1) is 0 Å². The Hall–Kier alpha value is -6.59. The molecule has 2 N–H and O–H groups in total. The molecule has 5 aromatic rings. The second kappa shape index (κ2) is 17.9. The molecule has 290 valence electrons. The number of methoxy groups -OCH3 is 1. The minimum atomic E-state index is -1.51. The van der Waals surface area contributed by atoms with Crippen molar-refractivity contribution in [2.24, 2.45) is 4.99 Å². The van der Waals surface area contributed by atoms with Crippen molar-refractivity contribution >= 4 is 35.3 Å². The molecule has 0 spiro atoms. The number of carbonyl (C=O) groups is 4. The Balaban J connectivity index is 1.26. The third-order valence-corrected chi connectivity index (χ3v) is 10.5. The van der Waals surface area contributed by atoms with Crippen LogP contribution in [0.4, 0.5) is 10.5 Å². The predicted molar refractivity (Wildman–Crippen MR) is 216 cm³/mol. The molecule has 5 aromatic carbocycles. The molecule has 0 aromatic heterocycles. The molecule has 7 rings (SSSR count). The quantitative estimate of drug-likeness (QED) is 0.111. The minimum absolute atomic E-state index is 0.0200. The molecule has 2 saturated heterocycles. The van der Waals surface area contributed by atoms with E-state index in [2.05, 4.69) is 22.3 Å². The highest BCUT2D eigenvalue weighted by molar-refractivity contribution is 6.18. The summed E-state index contributed by atoms with van der Waals surface area (Å²) in [6.07, 6.45) is 0.423. The fourth-order valence-corrected chi connectivity index (χ4v) is 7.66. The van der Waals surface area contributed by atoms with Gasteiger partial charge in [-0.3, -0.25) is 19.5 Å². The standard InChI is InChI=1S/C46H44N4O7/c1-56-35-25-23-32(24-26-35)37(28-41(51)50-40(30-57-46(50)55)33-16-7-3-8-17-33)43(45(53)54)48-42(34-18-9-4-10-19-34)36-20-11-12-21-38(36)47-44(52)39-22-13-27-49(39)29-31-14-5-2-6-15-31/h2-12,14-21,23-26,37,39-40,43H,13,22,27-30H2,1H3,(H,47,52)(H,53,54)/t37-,39-,40-,43+/m0/s1. The first-order chi connectivity index (χ1) is 27.8. The van der Waals surface area contributed by atoms with Gasteiger partial charge in [0.05, 0.1) is 24.6 Å². The molecule has 0 unspecified atom stereocenters. The smallest absolute Gasteiger partial charge is 0.417 e. The van der Waals surface area contributed by atoms with Gasteiger partial charge in [0.15, 0.2) is 6.04 Å². The lowest BCUT2D eigenvalue weighted by atomic mass is 9.87. The molecule has 57 heavy (non-hydrogen) atoms. The highest BCUT2D eigenvalue weighted by Crippen LogP contribution is 2.35. The van der Waals surface area contributed by atoms with E-state index in [9.17, 15) is 24.3 Å². The zero-order valence-corrected chi connectivity index (χ0v) is 31.6. The number of carboxylic acid groups (broad SMARTS) is 1. The maximum absolute atomic E-state index is 14.2. The molecule has 3 amide bonds. The largest absolute Gasteiger partial charge is 0.497 e. The van der Waals surface area contributed by atoms with Crippen LogP contribution >= 0.6 is 0 Å². The maximum atomic E-state index is 14.2. The first kappa shape index (κ1) is 38.7. The summed E-state index contributed by atoms with van der Waals surface area (Å²) in [4.78, 5) is 63.1. The van der Waals surface area contributed by atoms with Gasteiger partial charge >= 0.3 is 12.1 Å². The van der Waals surface area contributed by atoms with Crippen LogP contribution in [0.2, 0.25) is 0 Å². The van der Waals surface area contributed by atoms with Crippen LogP contribution in [0.3, 0.4) is 0 Å². The molecule has 11 nitrogen and oxygen atoms in total. The van der Waals surface area contributed by atoms with Gasteiger partial charge in [-0.25, -0.2) is 14.5 Å². The molecule has 4 atom stereocenters. The van der Waals surface area contributed by atoms with Gasteiger partial charge in [-0.1, -0.05) is 121 Å². The van der Waals surface area contributed by atoms with Crippen LogP contribution in [-0.4, -0.2) is 76.8 Å². The number of nitrogens with zero attached hydrogens (tertiary/aromatic N) is 3. The topological polar surface area (TPSA) is 138 Å². The highest BCUT2D eigenvalue weighted by atomic mass is 16.6. The molecule has 11 heteroatoms. The zero-order chi connectivity index (χ0) is 39.7. The van der Waals surface area contributed by atoms with Crippen LogP contribution in [0.5, 0.6) is 5.75 Å². The number of hydrogen-bond acceptors (Lipinski definition) is 8. The Morgan fingerprint density at radius 2 is 1.51 bits per heavy atom. The maximum Gasteiger partial charge on any atom is 0.417 e. The van der Waals surface area contributed by atoms with Crippen molar-refractivity contribution in [3.8, 4) is 5.75 Å². The first-order valence-electron chi connectivity index (χ1n) is 19.0. The first-order valence-corrected chi connectivity index (χ1v) is 19.0. The zero-order valence-electron chi connectivity index (χ0n) is 31.6. The average molecular weight is 765 g/mol. The van der Waals surface area contributed by atoms with Crippen LogP contribution in [0.1, 0.15) is 59.0 Å². The predicted octanol–water partition coefficient (Wildman–Crippen LogP) is 7.48. The van der Waals surface area contributed by atoms with Crippen molar-refractivity contribution in [1.29, 1.82) is 0 Å². The van der Waals surface area contributed by atoms with E-state index < -0.39 is 36.0 Å². The lowest BCUT2D eigenvalue weighted by Crippen LogP contribution is -2.39. The summed E-state index contributed by atoms with van der Waals surface area (Å²) in [6, 6.07) is 39.8. The van der Waals surface area contributed by atoms with Crippen molar-refractivity contribution < 1.29 is 33.8 Å². The summed E-state index contributed by atoms with van der Waals surface area (Å²) in [5.41, 5.74) is 4.28. The summed E-state index contributed by atoms with van der Waals surface area (Å²) in [6.45, 7) is 1.41. The Morgan fingerprint density at radius 3 is 2.19 bits per heavy atom. The lowest BCUT2D eigenvalue weighted by molar-refractivity contribution is -0.139. The molecular formula is C46H44N4O7. The number of hydrogen-bond donors (Lipinski definition) is 2. The number of carbonyl (C=O) groups excluding carboxylic acids is 3. The van der Waals surface area contributed by atoms with E-state index in [0.29, 0.717) is 46.8 Å². The number of carboxylic acids is 1. The van der Waals surface area contributed by atoms with Crippen molar-refractivity contribution in [3.63, 3.8) is 0 Å². The monoisotopic (exact) mass is 764 g/mol. The molecule has 0 aliphatic carbocycles. The molecule has 0 bridgehead atoms. The van der Waals surface area contributed by atoms with E-state index in [1.807, 2.05) is 91.0 Å². The summed E-state index contributed by atoms with van der Waals surface area (Å²) >= 11 is 0. The number of ether oxygens (including phenoxy) is 2. The Bertz CT molecular complexity index is 2210. The van der Waals surface area contributed by atoms with Crippen molar-refractivity contribution in [2.75, 3.05) is 25.6 Å². The van der Waals surface area contributed by atoms with Crippen molar-refractivity contribution in [3.05, 3.63) is 167 Å². The van der Waals surface area contributed by atoms with Gasteiger partial charge in [-0.2, -0.15) is 0 Å². The van der Waals surface area contributed by atoms with E-state index in [4.69, 9.17) is 14.5 Å². The number of rotatable bonds is 14. The van der Waals surface area contributed by atoms with Crippen molar-refractivity contribution in [2.45, 2.75) is 49.9 Å². The van der Waals surface area contributed by atoms with Gasteiger partial charge in [0.1, 0.15) is 18.4 Å². The van der Waals surface area contributed by atoms with Crippen LogP contribution in [-0.2, 0) is 25.7 Å². The summed E-state index contributed by atoms with van der Waals surface area (Å²) in [5, 5.41) is 14.1. The van der Waals surface area contributed by atoms with E-state index in [1.54, 1.807) is 36.4 Å². The number of benzene rings is 5. The summed E-state index contributed by atoms with van der Waals surface area (Å²) < 4.78 is 10.7. The molecule has 2 aliphatic rings. The highest BCUT2D eigenvalue weighted by Gasteiger charge is 2.42. The lowest BCUT2D eigenvalue weighted by Gasteiger charge is -2.27. The summed E-state index contributed by atoms with van der Waals surface area (Å²) in [5.74, 6) is -2.52. The third-order valence-electron chi connectivity index (χ3n) is 10.5. The third kappa shape index (κ3) is 8.95. The van der Waals surface area contributed by atoms with E-state index in [-0.39, 0.29) is 25.0 Å². The molecule has 0 radical (unpaired) electrons. The van der Waals surface area contributed by atoms with E-state index in [1.165, 1.54) is 7.11 Å². The minimum Gasteiger partial charge on any atom is -0.497 e. The van der Waals surface area contributed by atoms with Crippen LogP contribution in [0.25, 0.3) is 0 Å². The molecule has 2 fully saturated rings.